The van der Waals surface area contributed by atoms with Crippen LogP contribution in [0.25, 0.3) is 0 Å². The van der Waals surface area contributed by atoms with E-state index in [0.717, 1.165) is 12.1 Å². The highest BCUT2D eigenvalue weighted by atomic mass is 19.4. The third-order valence-electron chi connectivity index (χ3n) is 4.89. The molecule has 2 aromatic rings. The Balaban J connectivity index is 1.80. The zero-order valence-corrected chi connectivity index (χ0v) is 18.0. The summed E-state index contributed by atoms with van der Waals surface area (Å²) in [6, 6.07) is 2.89. The molecule has 1 fully saturated rings. The fourth-order valence-electron chi connectivity index (χ4n) is 3.42. The molecule has 2 heterocycles. The average molecular weight is 469 g/mol. The maximum atomic E-state index is 14.3. The first-order chi connectivity index (χ1) is 15.3. The smallest absolute Gasteiger partial charge is 0.403 e. The number of carbonyl (C=O) groups is 2. The minimum atomic E-state index is -5.04. The van der Waals surface area contributed by atoms with E-state index in [-0.39, 0.29) is 17.8 Å². The number of amides is 2. The highest BCUT2D eigenvalue weighted by Crippen LogP contribution is 2.35. The van der Waals surface area contributed by atoms with Gasteiger partial charge in [0.15, 0.2) is 17.4 Å². The van der Waals surface area contributed by atoms with Crippen LogP contribution < -0.4 is 20.7 Å². The minimum Gasteiger partial charge on any atom is -0.403 e. The second-order valence-electron chi connectivity index (χ2n) is 8.58. The molecule has 0 radical (unpaired) electrons. The Morgan fingerprint density at radius 2 is 1.88 bits per heavy atom. The van der Waals surface area contributed by atoms with Gasteiger partial charge in [-0.3, -0.25) is 14.9 Å². The summed E-state index contributed by atoms with van der Waals surface area (Å²) in [5.74, 6) is -2.84. The Morgan fingerprint density at radius 3 is 2.45 bits per heavy atom. The Kier molecular flexibility index (Phi) is 6.86. The molecule has 12 heteroatoms. The van der Waals surface area contributed by atoms with Crippen LogP contribution in [0.5, 0.6) is 5.75 Å². The van der Waals surface area contributed by atoms with E-state index in [1.54, 1.807) is 26.8 Å². The number of halogens is 4. The number of aromatic nitrogens is 2. The van der Waals surface area contributed by atoms with E-state index in [1.165, 1.54) is 18.5 Å². The van der Waals surface area contributed by atoms with Crippen LogP contribution in [0.15, 0.2) is 36.7 Å². The summed E-state index contributed by atoms with van der Waals surface area (Å²) in [7, 11) is 0. The van der Waals surface area contributed by atoms with Crippen LogP contribution in [-0.4, -0.2) is 34.2 Å². The summed E-state index contributed by atoms with van der Waals surface area (Å²) in [6.07, 6.45) is -2.98. The summed E-state index contributed by atoms with van der Waals surface area (Å²) in [5, 5.41) is 8.40. The second kappa shape index (κ2) is 9.30. The van der Waals surface area contributed by atoms with Gasteiger partial charge in [0, 0.05) is 12.4 Å². The molecular formula is C21H23F4N5O3. The number of hydrogen-bond acceptors (Lipinski definition) is 6. The molecule has 1 saturated heterocycles. The molecule has 33 heavy (non-hydrogen) atoms. The Labute approximate surface area is 187 Å². The first kappa shape index (κ1) is 24.4. The molecule has 0 spiro atoms. The van der Waals surface area contributed by atoms with Gasteiger partial charge in [0.25, 0.3) is 0 Å². The maximum absolute atomic E-state index is 14.3. The number of alkyl halides is 3. The van der Waals surface area contributed by atoms with Crippen molar-refractivity contribution in [1.29, 1.82) is 0 Å². The Morgan fingerprint density at radius 1 is 1.21 bits per heavy atom. The molecule has 0 bridgehead atoms. The quantitative estimate of drug-likeness (QED) is 0.582. The molecular weight excluding hydrogens is 446 g/mol. The lowest BCUT2D eigenvalue weighted by atomic mass is 9.82. The molecule has 2 unspecified atom stereocenters. The van der Waals surface area contributed by atoms with Crippen molar-refractivity contribution in [3.63, 3.8) is 0 Å². The molecule has 8 nitrogen and oxygen atoms in total. The highest BCUT2D eigenvalue weighted by molar-refractivity contribution is 5.89. The van der Waals surface area contributed by atoms with Gasteiger partial charge in [0.05, 0.1) is 18.5 Å². The van der Waals surface area contributed by atoms with Gasteiger partial charge in [0.2, 0.25) is 11.8 Å². The van der Waals surface area contributed by atoms with Gasteiger partial charge < -0.3 is 15.4 Å². The van der Waals surface area contributed by atoms with Crippen LogP contribution in [0.1, 0.15) is 50.8 Å². The fraction of sp³-hybridized carbons (Fsp3) is 0.429. The van der Waals surface area contributed by atoms with Gasteiger partial charge >= 0.3 is 6.36 Å². The lowest BCUT2D eigenvalue weighted by molar-refractivity contribution is -0.275. The third-order valence-corrected chi connectivity index (χ3v) is 4.89. The van der Waals surface area contributed by atoms with E-state index in [9.17, 15) is 27.2 Å². The number of nitrogens with one attached hydrogen (secondary N) is 3. The first-order valence-electron chi connectivity index (χ1n) is 10.0. The monoisotopic (exact) mass is 469 g/mol. The SMILES string of the molecule is CC(C)(C)[C@@H](NC(=O)C1CC(=O)NC(c2ncccn2)N1)c1ccc(OC(F)(F)F)c(F)c1. The van der Waals surface area contributed by atoms with E-state index in [1.807, 2.05) is 0 Å². The molecule has 3 rings (SSSR count). The summed E-state index contributed by atoms with van der Waals surface area (Å²) in [5.41, 5.74) is -0.404. The first-order valence-corrected chi connectivity index (χ1v) is 10.0. The third kappa shape index (κ3) is 6.37. The van der Waals surface area contributed by atoms with E-state index in [4.69, 9.17) is 0 Å². The van der Waals surface area contributed by atoms with Crippen molar-refractivity contribution in [1.82, 2.24) is 25.9 Å². The van der Waals surface area contributed by atoms with Gasteiger partial charge in [0.1, 0.15) is 6.17 Å². The largest absolute Gasteiger partial charge is 0.573 e. The zero-order valence-electron chi connectivity index (χ0n) is 18.0. The van der Waals surface area contributed by atoms with E-state index in [2.05, 4.69) is 30.7 Å². The summed E-state index contributed by atoms with van der Waals surface area (Å²) < 4.78 is 55.3. The van der Waals surface area contributed by atoms with Crippen LogP contribution in [0.3, 0.4) is 0 Å². The molecule has 2 amide bonds. The normalized spacial score (nSPS) is 20.0. The average Bonchev–Trinajstić information content (AvgIpc) is 2.72. The van der Waals surface area contributed by atoms with Crippen LogP contribution in [-0.2, 0) is 9.59 Å². The van der Waals surface area contributed by atoms with Crippen LogP contribution in [0, 0.1) is 11.2 Å². The predicted molar refractivity (Wildman–Crippen MR) is 108 cm³/mol. The van der Waals surface area contributed by atoms with Gasteiger partial charge in [-0.25, -0.2) is 14.4 Å². The second-order valence-corrected chi connectivity index (χ2v) is 8.58. The molecule has 0 saturated carbocycles. The number of benzene rings is 1. The molecule has 1 aromatic carbocycles. The number of ether oxygens (including phenoxy) is 1. The lowest BCUT2D eigenvalue weighted by Gasteiger charge is -2.35. The summed E-state index contributed by atoms with van der Waals surface area (Å²) >= 11 is 0. The number of nitrogens with zero attached hydrogens (tertiary/aromatic N) is 2. The Bertz CT molecular complexity index is 1010. The highest BCUT2D eigenvalue weighted by Gasteiger charge is 2.37. The van der Waals surface area contributed by atoms with E-state index < -0.39 is 53.4 Å². The van der Waals surface area contributed by atoms with Crippen molar-refractivity contribution >= 4 is 11.8 Å². The van der Waals surface area contributed by atoms with Crippen molar-refractivity contribution in [2.45, 2.75) is 51.8 Å². The maximum Gasteiger partial charge on any atom is 0.573 e. The predicted octanol–water partition coefficient (Wildman–Crippen LogP) is 2.89. The van der Waals surface area contributed by atoms with Crippen LogP contribution in [0.4, 0.5) is 17.6 Å². The van der Waals surface area contributed by atoms with Gasteiger partial charge in [-0.2, -0.15) is 0 Å². The molecule has 3 N–H and O–H groups in total. The van der Waals surface area contributed by atoms with Crippen LogP contribution >= 0.6 is 0 Å². The molecule has 1 aromatic heterocycles. The Hall–Kier alpha value is -3.28. The van der Waals surface area contributed by atoms with Gasteiger partial charge in [-0.05, 0) is 29.2 Å². The fourth-order valence-corrected chi connectivity index (χ4v) is 3.42. The molecule has 1 aliphatic rings. The van der Waals surface area contributed by atoms with Crippen LogP contribution in [0.2, 0.25) is 0 Å². The molecule has 3 atom stereocenters. The number of rotatable bonds is 5. The summed E-state index contributed by atoms with van der Waals surface area (Å²) in [6.45, 7) is 5.33. The van der Waals surface area contributed by atoms with Crippen molar-refractivity contribution in [2.75, 3.05) is 0 Å². The lowest BCUT2D eigenvalue weighted by Crippen LogP contribution is -2.57. The molecule has 178 valence electrons. The zero-order chi connectivity index (χ0) is 24.4. The van der Waals surface area contributed by atoms with Crippen molar-refractivity contribution in [3.8, 4) is 5.75 Å². The molecule has 0 aliphatic carbocycles. The minimum absolute atomic E-state index is 0.154. The van der Waals surface area contributed by atoms with E-state index >= 15 is 0 Å². The summed E-state index contributed by atoms with van der Waals surface area (Å²) in [4.78, 5) is 33.3. The van der Waals surface area contributed by atoms with Crippen molar-refractivity contribution < 1.29 is 31.9 Å². The van der Waals surface area contributed by atoms with E-state index in [0.29, 0.717) is 0 Å². The molecule has 1 aliphatic heterocycles. The topological polar surface area (TPSA) is 105 Å². The number of carbonyl (C=O) groups excluding carboxylic acids is 2. The standard InChI is InChI=1S/C21H23F4N5O3/c1-20(2,3)16(11-5-6-14(12(22)9-11)33-21(23,24)25)30-19(32)13-10-15(31)29-18(28-13)17-26-7-4-8-27-17/h4-9,13,16,18,28H,10H2,1-3H3,(H,29,31)(H,30,32)/t13?,16-,18?/m0/s1. The van der Waals surface area contributed by atoms with Crippen molar-refractivity contribution in [3.05, 3.63) is 53.9 Å². The van der Waals surface area contributed by atoms with Gasteiger partial charge in [-0.1, -0.05) is 26.8 Å². The van der Waals surface area contributed by atoms with Crippen molar-refractivity contribution in [2.24, 2.45) is 5.41 Å². The number of hydrogen-bond donors (Lipinski definition) is 3. The van der Waals surface area contributed by atoms with Gasteiger partial charge in [-0.15, -0.1) is 13.2 Å².